The Balaban J connectivity index is 1.66. The number of rotatable bonds is 1. The van der Waals surface area contributed by atoms with Gasteiger partial charge in [0.05, 0.1) is 11.0 Å². The van der Waals surface area contributed by atoms with Gasteiger partial charge in [0.25, 0.3) is 0 Å². The number of hydrogen-bond donors (Lipinski definition) is 0. The largest absolute Gasteiger partial charge is 0.456 e. The first kappa shape index (κ1) is 16.7. The number of hydrogen-bond acceptors (Lipinski definition) is 1. The molecule has 2 aromatic heterocycles. The van der Waals surface area contributed by atoms with Crippen molar-refractivity contribution in [1.29, 1.82) is 0 Å². The average molecular weight is 397 g/mol. The molecule has 0 saturated carbocycles. The van der Waals surface area contributed by atoms with Crippen LogP contribution in [-0.2, 0) is 0 Å². The average Bonchev–Trinajstić information content (AvgIpc) is 3.36. The number of nitrogens with zero attached hydrogens (tertiary/aromatic N) is 1. The zero-order chi connectivity index (χ0) is 20.5. The Morgan fingerprint density at radius 3 is 2.00 bits per heavy atom. The highest BCUT2D eigenvalue weighted by Crippen LogP contribution is 2.39. The van der Waals surface area contributed by atoms with Crippen molar-refractivity contribution in [2.24, 2.45) is 0 Å². The van der Waals surface area contributed by atoms with Gasteiger partial charge in [0.15, 0.2) is 0 Å². The van der Waals surface area contributed by atoms with Crippen molar-refractivity contribution >= 4 is 54.5 Å². The third kappa shape index (κ3) is 2.22. The van der Waals surface area contributed by atoms with Crippen LogP contribution in [0, 0.1) is 6.92 Å². The number of aromatic nitrogens is 1. The molecule has 146 valence electrons. The quantitative estimate of drug-likeness (QED) is 0.273. The highest BCUT2D eigenvalue weighted by Gasteiger charge is 2.16. The Morgan fingerprint density at radius 2 is 1.26 bits per heavy atom. The lowest BCUT2D eigenvalue weighted by atomic mass is 10.0. The van der Waals surface area contributed by atoms with E-state index in [0.29, 0.717) is 0 Å². The summed E-state index contributed by atoms with van der Waals surface area (Å²) in [5.41, 5.74) is 6.67. The maximum absolute atomic E-state index is 6.33. The minimum Gasteiger partial charge on any atom is -0.456 e. The van der Waals surface area contributed by atoms with Crippen LogP contribution in [0.3, 0.4) is 0 Å². The van der Waals surface area contributed by atoms with Crippen LogP contribution in [0.25, 0.3) is 60.2 Å². The molecule has 31 heavy (non-hydrogen) atoms. The van der Waals surface area contributed by atoms with Crippen LogP contribution in [0.1, 0.15) is 5.56 Å². The Morgan fingerprint density at radius 1 is 0.613 bits per heavy atom. The van der Waals surface area contributed by atoms with E-state index in [1.807, 2.05) is 0 Å². The van der Waals surface area contributed by atoms with E-state index in [1.54, 1.807) is 0 Å². The Kier molecular flexibility index (Phi) is 3.23. The predicted octanol–water partition coefficient (Wildman–Crippen LogP) is 8.14. The number of furan rings is 1. The van der Waals surface area contributed by atoms with Crippen molar-refractivity contribution in [3.63, 3.8) is 0 Å². The molecule has 0 bridgehead atoms. The van der Waals surface area contributed by atoms with Crippen molar-refractivity contribution in [2.75, 3.05) is 0 Å². The van der Waals surface area contributed by atoms with Gasteiger partial charge in [-0.1, -0.05) is 66.7 Å². The Labute approximate surface area is 178 Å². The maximum Gasteiger partial charge on any atom is 0.138 e. The fourth-order valence-corrected chi connectivity index (χ4v) is 5.13. The van der Waals surface area contributed by atoms with Crippen LogP contribution in [0.2, 0.25) is 0 Å². The van der Waals surface area contributed by atoms with Gasteiger partial charge in [0.1, 0.15) is 11.2 Å². The van der Waals surface area contributed by atoms with Gasteiger partial charge in [-0.05, 0) is 53.6 Å². The van der Waals surface area contributed by atoms with Gasteiger partial charge in [-0.15, -0.1) is 0 Å². The van der Waals surface area contributed by atoms with Gasteiger partial charge in [0.2, 0.25) is 0 Å². The predicted molar refractivity (Wildman–Crippen MR) is 130 cm³/mol. The van der Waals surface area contributed by atoms with Crippen LogP contribution in [0.15, 0.2) is 101 Å². The molecule has 0 amide bonds. The van der Waals surface area contributed by atoms with Gasteiger partial charge >= 0.3 is 0 Å². The second-order valence-electron chi connectivity index (χ2n) is 8.27. The minimum atomic E-state index is 0.941. The number of para-hydroxylation sites is 2. The van der Waals surface area contributed by atoms with E-state index in [2.05, 4.69) is 109 Å². The summed E-state index contributed by atoms with van der Waals surface area (Å²) in [7, 11) is 0. The molecule has 0 unspecified atom stereocenters. The molecule has 0 N–H and O–H groups in total. The van der Waals surface area contributed by atoms with Crippen molar-refractivity contribution in [2.45, 2.75) is 6.92 Å². The lowest BCUT2D eigenvalue weighted by molar-refractivity contribution is 0.666. The normalized spacial score (nSPS) is 12.0. The van der Waals surface area contributed by atoms with Crippen LogP contribution in [0.5, 0.6) is 0 Å². The number of fused-ring (bicyclic) bond motifs is 8. The van der Waals surface area contributed by atoms with Crippen LogP contribution < -0.4 is 0 Å². The first-order valence-electron chi connectivity index (χ1n) is 10.6. The molecule has 0 aliphatic carbocycles. The number of benzene rings is 5. The lowest BCUT2D eigenvalue weighted by Crippen LogP contribution is -1.94. The number of aryl methyl sites for hydroxylation is 1. The summed E-state index contributed by atoms with van der Waals surface area (Å²) in [4.78, 5) is 0. The Hall–Kier alpha value is -4.04. The van der Waals surface area contributed by atoms with Gasteiger partial charge in [0, 0.05) is 27.2 Å². The topological polar surface area (TPSA) is 18.1 Å². The van der Waals surface area contributed by atoms with Crippen LogP contribution in [-0.4, -0.2) is 4.57 Å². The monoisotopic (exact) mass is 397 g/mol. The van der Waals surface area contributed by atoms with E-state index in [-0.39, 0.29) is 0 Å². The maximum atomic E-state index is 6.33. The van der Waals surface area contributed by atoms with E-state index in [1.165, 1.54) is 43.4 Å². The van der Waals surface area contributed by atoms with Crippen molar-refractivity contribution in [3.8, 4) is 5.69 Å². The first-order valence-corrected chi connectivity index (χ1v) is 10.6. The van der Waals surface area contributed by atoms with Gasteiger partial charge in [-0.2, -0.15) is 0 Å². The van der Waals surface area contributed by atoms with Gasteiger partial charge in [-0.3, -0.25) is 0 Å². The molecular weight excluding hydrogens is 378 g/mol. The second-order valence-corrected chi connectivity index (χ2v) is 8.27. The molecule has 0 radical (unpaired) electrons. The van der Waals surface area contributed by atoms with E-state index in [9.17, 15) is 0 Å². The highest BCUT2D eigenvalue weighted by atomic mass is 16.3. The van der Waals surface area contributed by atoms with Crippen molar-refractivity contribution in [3.05, 3.63) is 103 Å². The van der Waals surface area contributed by atoms with Crippen molar-refractivity contribution in [1.82, 2.24) is 4.57 Å². The molecule has 0 spiro atoms. The molecule has 0 fully saturated rings. The van der Waals surface area contributed by atoms with Gasteiger partial charge < -0.3 is 8.98 Å². The standard InChI is InChI=1S/C29H19NO/c1-18-16-20(30-25-12-6-4-10-22(25)23-11-5-7-13-26(23)30)17-24-28-21-9-3-2-8-19(21)14-15-27(28)31-29(18)24/h2-17H,1H3. The molecule has 2 heterocycles. The van der Waals surface area contributed by atoms with Crippen LogP contribution >= 0.6 is 0 Å². The smallest absolute Gasteiger partial charge is 0.138 e. The van der Waals surface area contributed by atoms with E-state index in [4.69, 9.17) is 4.42 Å². The van der Waals surface area contributed by atoms with E-state index in [0.717, 1.165) is 22.4 Å². The summed E-state index contributed by atoms with van der Waals surface area (Å²) in [5, 5.41) is 7.38. The highest BCUT2D eigenvalue weighted by molar-refractivity contribution is 6.19. The summed E-state index contributed by atoms with van der Waals surface area (Å²) in [6.07, 6.45) is 0. The van der Waals surface area contributed by atoms with Crippen molar-refractivity contribution < 1.29 is 4.42 Å². The first-order chi connectivity index (χ1) is 15.3. The molecule has 0 atom stereocenters. The van der Waals surface area contributed by atoms with E-state index >= 15 is 0 Å². The second kappa shape index (κ2) is 5.99. The third-order valence-corrected chi connectivity index (χ3v) is 6.47. The summed E-state index contributed by atoms with van der Waals surface area (Å²) in [6, 6.07) is 34.6. The fraction of sp³-hybridized carbons (Fsp3) is 0.0345. The minimum absolute atomic E-state index is 0.941. The molecule has 2 nitrogen and oxygen atoms in total. The van der Waals surface area contributed by atoms with Crippen LogP contribution in [0.4, 0.5) is 0 Å². The lowest BCUT2D eigenvalue weighted by Gasteiger charge is -2.10. The SMILES string of the molecule is Cc1cc(-n2c3ccccc3c3ccccc32)cc2c1oc1ccc3ccccc3c12. The van der Waals surface area contributed by atoms with E-state index < -0.39 is 0 Å². The summed E-state index contributed by atoms with van der Waals surface area (Å²) in [5.74, 6) is 0. The molecule has 0 aliphatic rings. The molecular formula is C29H19NO. The molecule has 2 heteroatoms. The third-order valence-electron chi connectivity index (χ3n) is 6.47. The van der Waals surface area contributed by atoms with Gasteiger partial charge in [-0.25, -0.2) is 0 Å². The molecule has 7 rings (SSSR count). The summed E-state index contributed by atoms with van der Waals surface area (Å²) >= 11 is 0. The molecule has 0 aliphatic heterocycles. The summed E-state index contributed by atoms with van der Waals surface area (Å²) < 4.78 is 8.71. The molecule has 0 saturated heterocycles. The Bertz CT molecular complexity index is 1750. The zero-order valence-corrected chi connectivity index (χ0v) is 17.1. The summed E-state index contributed by atoms with van der Waals surface area (Å²) in [6.45, 7) is 2.14. The molecule has 5 aromatic carbocycles. The molecule has 7 aromatic rings. The zero-order valence-electron chi connectivity index (χ0n) is 17.1. The fourth-order valence-electron chi connectivity index (χ4n) is 5.13.